The second kappa shape index (κ2) is 8.71. The Morgan fingerprint density at radius 3 is 2.72 bits per heavy atom. The van der Waals surface area contributed by atoms with Crippen LogP contribution in [0.25, 0.3) is 0 Å². The summed E-state index contributed by atoms with van der Waals surface area (Å²) in [6, 6.07) is 13.5. The molecule has 1 N–H and O–H groups in total. The summed E-state index contributed by atoms with van der Waals surface area (Å²) in [5.41, 5.74) is 0. The van der Waals surface area contributed by atoms with E-state index in [-0.39, 0.29) is 10.9 Å². The highest BCUT2D eigenvalue weighted by Crippen LogP contribution is 2.30. The standard InChI is InChI=1S/C20H20ClN3O3S2/c21-18-5-1-2-6-19(18)27-16-7-9-17(10-8-16)29(25,26)23-14-15-4-3-12-24(15)20-22-11-13-28-20/h1-2,5-11,13,15,23H,3-4,12,14H2. The van der Waals surface area contributed by atoms with E-state index in [1.54, 1.807) is 41.8 Å². The summed E-state index contributed by atoms with van der Waals surface area (Å²) < 4.78 is 33.8. The number of sulfonamides is 1. The highest BCUT2D eigenvalue weighted by atomic mass is 35.5. The molecule has 2 heterocycles. The number of hydrogen-bond acceptors (Lipinski definition) is 6. The second-order valence-electron chi connectivity index (χ2n) is 6.66. The topological polar surface area (TPSA) is 71.5 Å². The minimum absolute atomic E-state index is 0.110. The third-order valence-corrected chi connectivity index (χ3v) is 7.31. The van der Waals surface area contributed by atoms with Gasteiger partial charge >= 0.3 is 0 Å². The van der Waals surface area contributed by atoms with E-state index in [4.69, 9.17) is 16.3 Å². The van der Waals surface area contributed by atoms with Crippen molar-refractivity contribution in [1.82, 2.24) is 9.71 Å². The maximum atomic E-state index is 12.7. The number of benzene rings is 2. The summed E-state index contributed by atoms with van der Waals surface area (Å²) in [7, 11) is -3.61. The average molecular weight is 450 g/mol. The van der Waals surface area contributed by atoms with Crippen molar-refractivity contribution in [2.24, 2.45) is 0 Å². The Labute approximate surface area is 179 Å². The minimum atomic E-state index is -3.61. The number of rotatable bonds is 7. The number of para-hydroxylation sites is 1. The Kier molecular flexibility index (Phi) is 6.05. The Morgan fingerprint density at radius 1 is 1.21 bits per heavy atom. The van der Waals surface area contributed by atoms with Crippen LogP contribution in [0.4, 0.5) is 5.13 Å². The van der Waals surface area contributed by atoms with Gasteiger partial charge in [0.15, 0.2) is 5.13 Å². The van der Waals surface area contributed by atoms with Crippen LogP contribution in [0.1, 0.15) is 12.8 Å². The number of aromatic nitrogens is 1. The van der Waals surface area contributed by atoms with Gasteiger partial charge in [0.25, 0.3) is 0 Å². The van der Waals surface area contributed by atoms with E-state index in [2.05, 4.69) is 14.6 Å². The minimum Gasteiger partial charge on any atom is -0.456 e. The van der Waals surface area contributed by atoms with Gasteiger partial charge in [-0.15, -0.1) is 11.3 Å². The normalized spacial score (nSPS) is 16.9. The van der Waals surface area contributed by atoms with Crippen LogP contribution in [-0.4, -0.2) is 32.5 Å². The molecule has 4 rings (SSSR count). The van der Waals surface area contributed by atoms with Crippen molar-refractivity contribution in [2.75, 3.05) is 18.0 Å². The predicted molar refractivity (Wildman–Crippen MR) is 116 cm³/mol. The number of anilines is 1. The highest BCUT2D eigenvalue weighted by molar-refractivity contribution is 7.89. The molecule has 0 bridgehead atoms. The van der Waals surface area contributed by atoms with E-state index in [1.165, 1.54) is 12.1 Å². The predicted octanol–water partition coefficient (Wildman–Crippen LogP) is 4.54. The van der Waals surface area contributed by atoms with Gasteiger partial charge in [0, 0.05) is 30.7 Å². The second-order valence-corrected chi connectivity index (χ2v) is 9.71. The molecule has 1 aromatic heterocycles. The van der Waals surface area contributed by atoms with Gasteiger partial charge in [0.2, 0.25) is 10.0 Å². The number of thiazole rings is 1. The number of halogens is 1. The SMILES string of the molecule is O=S(=O)(NCC1CCCN1c1nccs1)c1ccc(Oc2ccccc2Cl)cc1. The first-order valence-electron chi connectivity index (χ1n) is 9.21. The van der Waals surface area contributed by atoms with Crippen LogP contribution in [0, 0.1) is 0 Å². The molecule has 1 atom stereocenters. The van der Waals surface area contributed by atoms with Gasteiger partial charge in [-0.2, -0.15) is 0 Å². The molecule has 0 saturated carbocycles. The van der Waals surface area contributed by atoms with Crippen molar-refractivity contribution < 1.29 is 13.2 Å². The van der Waals surface area contributed by atoms with Crippen LogP contribution >= 0.6 is 22.9 Å². The molecule has 1 aliphatic rings. The number of hydrogen-bond donors (Lipinski definition) is 1. The van der Waals surface area contributed by atoms with E-state index in [9.17, 15) is 8.42 Å². The largest absolute Gasteiger partial charge is 0.456 e. The summed E-state index contributed by atoms with van der Waals surface area (Å²) in [4.78, 5) is 6.72. The molecule has 0 amide bonds. The van der Waals surface area contributed by atoms with E-state index in [0.717, 1.165) is 24.5 Å². The first-order chi connectivity index (χ1) is 14.0. The maximum absolute atomic E-state index is 12.7. The summed E-state index contributed by atoms with van der Waals surface area (Å²) in [6.07, 6.45) is 3.73. The fourth-order valence-corrected chi connectivity index (χ4v) is 5.28. The van der Waals surface area contributed by atoms with Gasteiger partial charge in [-0.3, -0.25) is 0 Å². The molecule has 3 aromatic rings. The number of nitrogens with one attached hydrogen (secondary N) is 1. The van der Waals surface area contributed by atoms with E-state index >= 15 is 0 Å². The first-order valence-corrected chi connectivity index (χ1v) is 12.0. The molecular weight excluding hydrogens is 430 g/mol. The molecule has 1 aliphatic heterocycles. The lowest BCUT2D eigenvalue weighted by molar-refractivity contribution is 0.482. The molecule has 152 valence electrons. The maximum Gasteiger partial charge on any atom is 0.240 e. The van der Waals surface area contributed by atoms with Crippen molar-refractivity contribution in [2.45, 2.75) is 23.8 Å². The quantitative estimate of drug-likeness (QED) is 0.573. The van der Waals surface area contributed by atoms with Crippen molar-refractivity contribution >= 4 is 38.1 Å². The van der Waals surface area contributed by atoms with E-state index in [0.29, 0.717) is 23.1 Å². The van der Waals surface area contributed by atoms with Crippen molar-refractivity contribution in [3.8, 4) is 11.5 Å². The van der Waals surface area contributed by atoms with E-state index < -0.39 is 10.0 Å². The lowest BCUT2D eigenvalue weighted by Crippen LogP contribution is -2.40. The highest BCUT2D eigenvalue weighted by Gasteiger charge is 2.28. The van der Waals surface area contributed by atoms with Gasteiger partial charge in [-0.25, -0.2) is 18.1 Å². The van der Waals surface area contributed by atoms with Crippen LogP contribution in [0.5, 0.6) is 11.5 Å². The van der Waals surface area contributed by atoms with Gasteiger partial charge in [-0.1, -0.05) is 23.7 Å². The number of nitrogens with zero attached hydrogens (tertiary/aromatic N) is 2. The van der Waals surface area contributed by atoms with Crippen LogP contribution in [0.15, 0.2) is 65.0 Å². The molecule has 1 saturated heterocycles. The molecule has 1 fully saturated rings. The molecule has 0 spiro atoms. The molecule has 29 heavy (non-hydrogen) atoms. The lowest BCUT2D eigenvalue weighted by atomic mass is 10.2. The fourth-order valence-electron chi connectivity index (χ4n) is 3.29. The van der Waals surface area contributed by atoms with Crippen LogP contribution in [-0.2, 0) is 10.0 Å². The third-order valence-electron chi connectivity index (χ3n) is 4.75. The monoisotopic (exact) mass is 449 g/mol. The molecule has 1 unspecified atom stereocenters. The van der Waals surface area contributed by atoms with Gasteiger partial charge < -0.3 is 9.64 Å². The van der Waals surface area contributed by atoms with Gasteiger partial charge in [0.05, 0.1) is 9.92 Å². The van der Waals surface area contributed by atoms with Crippen LogP contribution < -0.4 is 14.4 Å². The Balaban J connectivity index is 1.40. The summed E-state index contributed by atoms with van der Waals surface area (Å²) in [5.74, 6) is 1.04. The molecule has 6 nitrogen and oxygen atoms in total. The Bertz CT molecular complexity index is 1060. The number of ether oxygens (including phenoxy) is 1. The van der Waals surface area contributed by atoms with Crippen molar-refractivity contribution in [1.29, 1.82) is 0 Å². The van der Waals surface area contributed by atoms with Crippen molar-refractivity contribution in [3.63, 3.8) is 0 Å². The molecule has 9 heteroatoms. The average Bonchev–Trinajstić information content (AvgIpc) is 3.40. The molecule has 2 aromatic carbocycles. The third kappa shape index (κ3) is 4.72. The smallest absolute Gasteiger partial charge is 0.240 e. The lowest BCUT2D eigenvalue weighted by Gasteiger charge is -2.24. The summed E-state index contributed by atoms with van der Waals surface area (Å²) in [6.45, 7) is 1.24. The Morgan fingerprint density at radius 2 is 2.00 bits per heavy atom. The zero-order valence-electron chi connectivity index (χ0n) is 15.5. The summed E-state index contributed by atoms with van der Waals surface area (Å²) >= 11 is 7.66. The van der Waals surface area contributed by atoms with E-state index in [1.807, 2.05) is 17.5 Å². The summed E-state index contributed by atoms with van der Waals surface area (Å²) in [5, 5.41) is 3.36. The van der Waals surface area contributed by atoms with Crippen molar-refractivity contribution in [3.05, 3.63) is 65.1 Å². The van der Waals surface area contributed by atoms with Crippen LogP contribution in [0.2, 0.25) is 5.02 Å². The van der Waals surface area contributed by atoms with Gasteiger partial charge in [-0.05, 0) is 49.2 Å². The molecule has 0 aliphatic carbocycles. The Hall–Kier alpha value is -2.13. The molecule has 0 radical (unpaired) electrons. The first kappa shape index (κ1) is 20.2. The zero-order chi connectivity index (χ0) is 20.3. The van der Waals surface area contributed by atoms with Gasteiger partial charge in [0.1, 0.15) is 11.5 Å². The van der Waals surface area contributed by atoms with Crippen LogP contribution in [0.3, 0.4) is 0 Å². The molecular formula is C20H20ClN3O3S2. The fraction of sp³-hybridized carbons (Fsp3) is 0.250. The zero-order valence-corrected chi connectivity index (χ0v) is 17.9.